The third-order valence-corrected chi connectivity index (χ3v) is 8.07. The van der Waals surface area contributed by atoms with Crippen molar-refractivity contribution in [2.24, 2.45) is 0 Å². The van der Waals surface area contributed by atoms with Crippen LogP contribution in [-0.4, -0.2) is 41.0 Å². The second-order valence-corrected chi connectivity index (χ2v) is 13.4. The number of rotatable bonds is 33. The van der Waals surface area contributed by atoms with Crippen LogP contribution in [-0.2, 0) is 28.2 Å². The molecule has 0 aliphatic rings. The molecule has 0 radical (unpaired) electrons. The molecule has 0 aliphatic heterocycles. The van der Waals surface area contributed by atoms with Gasteiger partial charge in [-0.3, -0.25) is 14.1 Å². The smallest absolute Gasteiger partial charge is 0.462 e. The molecule has 0 unspecified atom stereocenters. The lowest BCUT2D eigenvalue weighted by molar-refractivity contribution is -0.161. The number of hydrogen-bond donors (Lipinski definition) is 2. The maximum absolute atomic E-state index is 12.3. The molecular formula is C38H67O8P. The Bertz CT molecular complexity index is 905. The minimum Gasteiger partial charge on any atom is -0.462 e. The molecule has 0 amide bonds. The van der Waals surface area contributed by atoms with Gasteiger partial charge < -0.3 is 19.3 Å². The van der Waals surface area contributed by atoms with Crippen LogP contribution in [0.15, 0.2) is 48.6 Å². The fraction of sp³-hybridized carbons (Fsp3) is 0.737. The zero-order chi connectivity index (χ0) is 34.7. The second-order valence-electron chi connectivity index (χ2n) is 12.2. The number of ether oxygens (including phenoxy) is 2. The van der Waals surface area contributed by atoms with Crippen LogP contribution in [0, 0.1) is 0 Å². The highest BCUT2D eigenvalue weighted by atomic mass is 31.2. The molecule has 1 atom stereocenters. The summed E-state index contributed by atoms with van der Waals surface area (Å²) in [5.41, 5.74) is 0. The maximum Gasteiger partial charge on any atom is 0.469 e. The number of esters is 2. The van der Waals surface area contributed by atoms with Crippen molar-refractivity contribution in [3.63, 3.8) is 0 Å². The van der Waals surface area contributed by atoms with Crippen LogP contribution in [0.2, 0.25) is 0 Å². The van der Waals surface area contributed by atoms with Crippen LogP contribution in [0.4, 0.5) is 0 Å². The Labute approximate surface area is 286 Å². The van der Waals surface area contributed by atoms with Gasteiger partial charge in [-0.25, -0.2) is 4.57 Å². The van der Waals surface area contributed by atoms with E-state index in [2.05, 4.69) is 67.0 Å². The van der Waals surface area contributed by atoms with Gasteiger partial charge in [0.25, 0.3) is 0 Å². The van der Waals surface area contributed by atoms with Gasteiger partial charge in [-0.1, -0.05) is 146 Å². The lowest BCUT2D eigenvalue weighted by Crippen LogP contribution is -2.29. The molecule has 0 rings (SSSR count). The molecule has 0 bridgehead atoms. The van der Waals surface area contributed by atoms with Crippen molar-refractivity contribution in [2.45, 2.75) is 168 Å². The lowest BCUT2D eigenvalue weighted by Gasteiger charge is -2.18. The summed E-state index contributed by atoms with van der Waals surface area (Å²) in [5.74, 6) is -0.923. The van der Waals surface area contributed by atoms with E-state index in [1.807, 2.05) is 0 Å². The van der Waals surface area contributed by atoms with E-state index in [9.17, 15) is 14.2 Å². The number of allylic oxidation sites excluding steroid dienone is 8. The summed E-state index contributed by atoms with van der Waals surface area (Å²) in [6.07, 6.45) is 39.7. The largest absolute Gasteiger partial charge is 0.469 e. The molecule has 272 valence electrons. The van der Waals surface area contributed by atoms with E-state index < -0.39 is 32.5 Å². The summed E-state index contributed by atoms with van der Waals surface area (Å²) in [6.45, 7) is 3.57. The molecular weight excluding hydrogens is 615 g/mol. The van der Waals surface area contributed by atoms with E-state index >= 15 is 0 Å². The number of carbonyl (C=O) groups is 2. The molecule has 8 nitrogen and oxygen atoms in total. The van der Waals surface area contributed by atoms with Crippen molar-refractivity contribution in [3.8, 4) is 0 Å². The van der Waals surface area contributed by atoms with Crippen molar-refractivity contribution < 1.29 is 37.9 Å². The van der Waals surface area contributed by atoms with Gasteiger partial charge in [-0.05, 0) is 51.4 Å². The maximum atomic E-state index is 12.3. The Morgan fingerprint density at radius 1 is 0.553 bits per heavy atom. The van der Waals surface area contributed by atoms with Gasteiger partial charge in [-0.2, -0.15) is 0 Å². The van der Waals surface area contributed by atoms with E-state index in [1.54, 1.807) is 0 Å². The van der Waals surface area contributed by atoms with Crippen LogP contribution in [0.5, 0.6) is 0 Å². The zero-order valence-electron chi connectivity index (χ0n) is 29.7. The predicted molar refractivity (Wildman–Crippen MR) is 193 cm³/mol. The summed E-state index contributed by atoms with van der Waals surface area (Å²) in [7, 11) is -4.76. The molecule has 0 heterocycles. The molecule has 0 spiro atoms. The van der Waals surface area contributed by atoms with Crippen molar-refractivity contribution >= 4 is 19.8 Å². The van der Waals surface area contributed by atoms with Crippen LogP contribution in [0.1, 0.15) is 162 Å². The van der Waals surface area contributed by atoms with Crippen LogP contribution < -0.4 is 0 Å². The first-order chi connectivity index (χ1) is 22.8. The van der Waals surface area contributed by atoms with E-state index in [-0.39, 0.29) is 19.4 Å². The number of carbonyl (C=O) groups excluding carboxylic acids is 2. The Balaban J connectivity index is 4.05. The minimum absolute atomic E-state index is 0.174. The molecule has 47 heavy (non-hydrogen) atoms. The SMILES string of the molecule is CCC/C=C/C/C=C/C/C=C/C/C=C/CCCCCC(=O)O[C@H](COC(=O)CCCCCCCCCCCCCC)COP(=O)(O)O. The summed E-state index contributed by atoms with van der Waals surface area (Å²) in [4.78, 5) is 42.6. The normalized spacial score (nSPS) is 13.0. The molecule has 0 aliphatic carbocycles. The molecule has 0 saturated carbocycles. The molecule has 0 aromatic heterocycles. The molecule has 0 aromatic rings. The van der Waals surface area contributed by atoms with Crippen LogP contribution in [0.3, 0.4) is 0 Å². The van der Waals surface area contributed by atoms with E-state index in [0.29, 0.717) is 6.42 Å². The van der Waals surface area contributed by atoms with Gasteiger partial charge in [0.15, 0.2) is 6.10 Å². The van der Waals surface area contributed by atoms with Gasteiger partial charge in [0.2, 0.25) is 0 Å². The number of unbranched alkanes of at least 4 members (excludes halogenated alkanes) is 15. The van der Waals surface area contributed by atoms with Gasteiger partial charge in [0.1, 0.15) is 6.61 Å². The van der Waals surface area contributed by atoms with E-state index in [4.69, 9.17) is 19.3 Å². The quantitative estimate of drug-likeness (QED) is 0.0304. The fourth-order valence-corrected chi connectivity index (χ4v) is 5.19. The topological polar surface area (TPSA) is 119 Å². The summed E-state index contributed by atoms with van der Waals surface area (Å²) < 4.78 is 26.2. The Hall–Kier alpha value is -1.99. The van der Waals surface area contributed by atoms with Gasteiger partial charge in [0.05, 0.1) is 6.61 Å². The number of phosphoric ester groups is 1. The third kappa shape index (κ3) is 36.7. The van der Waals surface area contributed by atoms with Crippen molar-refractivity contribution in [3.05, 3.63) is 48.6 Å². The van der Waals surface area contributed by atoms with Crippen LogP contribution >= 0.6 is 7.82 Å². The predicted octanol–water partition coefficient (Wildman–Crippen LogP) is 10.8. The summed E-state index contributed by atoms with van der Waals surface area (Å²) >= 11 is 0. The Morgan fingerprint density at radius 2 is 1.00 bits per heavy atom. The highest BCUT2D eigenvalue weighted by Crippen LogP contribution is 2.36. The average Bonchev–Trinajstić information content (AvgIpc) is 3.04. The standard InChI is InChI=1S/C38H67O8P/c1-3-5-7-9-11-13-15-17-18-19-20-21-23-25-27-29-31-33-38(40)46-36(35-45-47(41,42)43)34-44-37(39)32-30-28-26-24-22-16-14-12-10-8-6-4-2/h7,9,13,15,18-19,21,23,36H,3-6,8,10-12,14,16-17,20,22,24-35H2,1-2H3,(H2,41,42,43)/b9-7+,15-13+,19-18+,23-21+/t36-/m1/s1. The zero-order valence-corrected chi connectivity index (χ0v) is 30.6. The summed E-state index contributed by atoms with van der Waals surface area (Å²) in [5, 5.41) is 0. The molecule has 9 heteroatoms. The highest BCUT2D eigenvalue weighted by molar-refractivity contribution is 7.46. The highest BCUT2D eigenvalue weighted by Gasteiger charge is 2.22. The molecule has 0 saturated heterocycles. The minimum atomic E-state index is -4.76. The van der Waals surface area contributed by atoms with E-state index in [0.717, 1.165) is 64.2 Å². The first-order valence-electron chi connectivity index (χ1n) is 18.4. The van der Waals surface area contributed by atoms with Gasteiger partial charge in [-0.15, -0.1) is 0 Å². The number of phosphoric acid groups is 1. The van der Waals surface area contributed by atoms with Crippen LogP contribution in [0.25, 0.3) is 0 Å². The second kappa shape index (κ2) is 33.9. The summed E-state index contributed by atoms with van der Waals surface area (Å²) in [6, 6.07) is 0. The lowest BCUT2D eigenvalue weighted by atomic mass is 10.0. The first kappa shape index (κ1) is 45.0. The van der Waals surface area contributed by atoms with Gasteiger partial charge in [0, 0.05) is 12.8 Å². The average molecular weight is 683 g/mol. The number of hydrogen-bond acceptors (Lipinski definition) is 6. The Kier molecular flexibility index (Phi) is 32.5. The van der Waals surface area contributed by atoms with E-state index in [1.165, 1.54) is 64.2 Å². The first-order valence-corrected chi connectivity index (χ1v) is 20.0. The van der Waals surface area contributed by atoms with Crippen molar-refractivity contribution in [1.82, 2.24) is 0 Å². The van der Waals surface area contributed by atoms with Gasteiger partial charge >= 0.3 is 19.8 Å². The monoisotopic (exact) mass is 682 g/mol. The molecule has 0 fully saturated rings. The Morgan fingerprint density at radius 3 is 1.51 bits per heavy atom. The van der Waals surface area contributed by atoms with Crippen molar-refractivity contribution in [1.29, 1.82) is 0 Å². The molecule has 2 N–H and O–H groups in total. The fourth-order valence-electron chi connectivity index (χ4n) is 4.83. The third-order valence-electron chi connectivity index (χ3n) is 7.58. The molecule has 0 aromatic carbocycles. The van der Waals surface area contributed by atoms with Crippen molar-refractivity contribution in [2.75, 3.05) is 13.2 Å².